The average Bonchev–Trinajstić information content (AvgIpc) is 3.17. The van der Waals surface area contributed by atoms with Gasteiger partial charge in [-0.2, -0.15) is 0 Å². The maximum Gasteiger partial charge on any atom is 0.282 e. The highest BCUT2D eigenvalue weighted by Gasteiger charge is 2.15. The number of rotatable bonds is 8. The number of nitrogens with one attached hydrogen (secondary N) is 2. The molecule has 0 aliphatic heterocycles. The van der Waals surface area contributed by atoms with Crippen molar-refractivity contribution in [1.29, 1.82) is 0 Å². The zero-order valence-corrected chi connectivity index (χ0v) is 18.0. The summed E-state index contributed by atoms with van der Waals surface area (Å²) in [5, 5.41) is 14.6. The van der Waals surface area contributed by atoms with Gasteiger partial charge in [0.05, 0.1) is 13.1 Å². The first kappa shape index (κ1) is 21.5. The Balaban J connectivity index is 1.46. The molecular formula is C21H24N6O2S. The molecule has 2 heterocycles. The highest BCUT2D eigenvalue weighted by Crippen LogP contribution is 2.12. The minimum atomic E-state index is -0.259. The molecule has 2 N–H and O–H groups in total. The van der Waals surface area contributed by atoms with Gasteiger partial charge in [-0.15, -0.1) is 10.2 Å². The van der Waals surface area contributed by atoms with Crippen molar-refractivity contribution >= 4 is 29.0 Å². The second-order valence-electron chi connectivity index (χ2n) is 7.11. The van der Waals surface area contributed by atoms with E-state index >= 15 is 0 Å². The quantitative estimate of drug-likeness (QED) is 0.576. The number of pyridine rings is 1. The summed E-state index contributed by atoms with van der Waals surface area (Å²) in [6.07, 6.45) is 1.70. The van der Waals surface area contributed by atoms with Gasteiger partial charge in [-0.3, -0.25) is 14.5 Å². The summed E-state index contributed by atoms with van der Waals surface area (Å²) in [7, 11) is 1.81. The largest absolute Gasteiger partial charge is 0.346 e. The number of aryl methyl sites for hydroxylation is 2. The van der Waals surface area contributed by atoms with Crippen LogP contribution in [0.1, 0.15) is 31.5 Å². The van der Waals surface area contributed by atoms with E-state index in [1.165, 1.54) is 16.9 Å². The Bertz CT molecular complexity index is 1000. The highest BCUT2D eigenvalue weighted by atomic mass is 32.1. The second-order valence-corrected chi connectivity index (χ2v) is 8.17. The van der Waals surface area contributed by atoms with Gasteiger partial charge in [0, 0.05) is 12.7 Å². The summed E-state index contributed by atoms with van der Waals surface area (Å²) in [6.45, 7) is 4.97. The van der Waals surface area contributed by atoms with E-state index in [0.29, 0.717) is 28.9 Å². The number of likely N-dealkylation sites (N-methyl/N-ethyl adjacent to an activating group) is 1. The first-order chi connectivity index (χ1) is 14.4. The van der Waals surface area contributed by atoms with E-state index in [0.717, 1.165) is 11.1 Å². The summed E-state index contributed by atoms with van der Waals surface area (Å²) in [6, 6.07) is 11.6. The van der Waals surface area contributed by atoms with Crippen LogP contribution in [0.3, 0.4) is 0 Å². The smallest absolute Gasteiger partial charge is 0.282 e. The lowest BCUT2D eigenvalue weighted by Gasteiger charge is -2.14. The number of anilines is 1. The second kappa shape index (κ2) is 10.0. The number of hydrogen-bond acceptors (Lipinski definition) is 7. The summed E-state index contributed by atoms with van der Waals surface area (Å²) in [4.78, 5) is 30.4. The SMILES string of the molecule is Cc1ccc(CNC(=O)c2nnc(CN(C)CC(=O)Nc3ccc(C)cn3)s2)cc1. The van der Waals surface area contributed by atoms with Crippen LogP contribution in [-0.4, -0.2) is 45.5 Å². The van der Waals surface area contributed by atoms with Crippen LogP contribution in [0, 0.1) is 13.8 Å². The third kappa shape index (κ3) is 6.43. The van der Waals surface area contributed by atoms with Crippen LogP contribution in [0.2, 0.25) is 0 Å². The van der Waals surface area contributed by atoms with Crippen molar-refractivity contribution in [3.05, 3.63) is 69.3 Å². The standard InChI is InChI=1S/C21H24N6O2S/c1-14-4-7-16(8-5-14)11-23-20(29)21-26-25-19(30-21)13-27(3)12-18(28)24-17-9-6-15(2)10-22-17/h4-10H,11-13H2,1-3H3,(H,23,29)(H,22,24,28). The molecule has 9 heteroatoms. The van der Waals surface area contributed by atoms with Gasteiger partial charge in [0.25, 0.3) is 5.91 Å². The predicted octanol–water partition coefficient (Wildman–Crippen LogP) is 2.55. The number of benzene rings is 1. The van der Waals surface area contributed by atoms with Gasteiger partial charge in [0.1, 0.15) is 10.8 Å². The van der Waals surface area contributed by atoms with Gasteiger partial charge >= 0.3 is 0 Å². The molecule has 0 bridgehead atoms. The molecule has 1 aromatic carbocycles. The van der Waals surface area contributed by atoms with Gasteiger partial charge in [-0.25, -0.2) is 4.98 Å². The van der Waals surface area contributed by atoms with E-state index < -0.39 is 0 Å². The molecule has 0 aliphatic rings. The Kier molecular flexibility index (Phi) is 7.21. The Morgan fingerprint density at radius 3 is 2.47 bits per heavy atom. The first-order valence-electron chi connectivity index (χ1n) is 9.46. The lowest BCUT2D eigenvalue weighted by Crippen LogP contribution is -2.30. The van der Waals surface area contributed by atoms with Crippen LogP contribution in [0.4, 0.5) is 5.82 Å². The maximum absolute atomic E-state index is 12.3. The molecule has 0 fully saturated rings. The molecule has 30 heavy (non-hydrogen) atoms. The van der Waals surface area contributed by atoms with Gasteiger partial charge < -0.3 is 10.6 Å². The van der Waals surface area contributed by atoms with Crippen molar-refractivity contribution in [1.82, 2.24) is 25.4 Å². The van der Waals surface area contributed by atoms with E-state index in [4.69, 9.17) is 0 Å². The highest BCUT2D eigenvalue weighted by molar-refractivity contribution is 7.13. The van der Waals surface area contributed by atoms with Crippen molar-refractivity contribution in [3.63, 3.8) is 0 Å². The summed E-state index contributed by atoms with van der Waals surface area (Å²) < 4.78 is 0. The van der Waals surface area contributed by atoms with Crippen molar-refractivity contribution in [2.24, 2.45) is 0 Å². The lowest BCUT2D eigenvalue weighted by molar-refractivity contribution is -0.117. The van der Waals surface area contributed by atoms with Crippen LogP contribution in [0.5, 0.6) is 0 Å². The van der Waals surface area contributed by atoms with Crippen LogP contribution >= 0.6 is 11.3 Å². The zero-order valence-electron chi connectivity index (χ0n) is 17.2. The lowest BCUT2D eigenvalue weighted by atomic mass is 10.1. The van der Waals surface area contributed by atoms with E-state index in [-0.39, 0.29) is 18.4 Å². The molecule has 3 rings (SSSR count). The van der Waals surface area contributed by atoms with Gasteiger partial charge in [-0.1, -0.05) is 47.2 Å². The third-order valence-electron chi connectivity index (χ3n) is 4.23. The number of carbonyl (C=O) groups is 2. The topological polar surface area (TPSA) is 100 Å². The molecule has 0 radical (unpaired) electrons. The monoisotopic (exact) mass is 424 g/mol. The van der Waals surface area contributed by atoms with Gasteiger partial charge in [-0.05, 0) is 38.1 Å². The fourth-order valence-corrected chi connectivity index (χ4v) is 3.47. The normalized spacial score (nSPS) is 10.8. The van der Waals surface area contributed by atoms with E-state index in [2.05, 4.69) is 25.8 Å². The predicted molar refractivity (Wildman–Crippen MR) is 116 cm³/mol. The van der Waals surface area contributed by atoms with E-state index in [1.807, 2.05) is 44.2 Å². The third-order valence-corrected chi connectivity index (χ3v) is 5.14. The molecule has 0 spiro atoms. The van der Waals surface area contributed by atoms with Crippen LogP contribution in [0.15, 0.2) is 42.6 Å². The molecule has 2 amide bonds. The number of nitrogens with zero attached hydrogens (tertiary/aromatic N) is 4. The fraction of sp³-hybridized carbons (Fsp3) is 0.286. The zero-order chi connectivity index (χ0) is 21.5. The summed E-state index contributed by atoms with van der Waals surface area (Å²) in [5.74, 6) is 0.0852. The molecule has 0 saturated carbocycles. The molecule has 3 aromatic rings. The minimum absolute atomic E-state index is 0.171. The van der Waals surface area contributed by atoms with E-state index in [1.54, 1.807) is 24.2 Å². The Morgan fingerprint density at radius 1 is 1.03 bits per heavy atom. The molecule has 8 nitrogen and oxygen atoms in total. The van der Waals surface area contributed by atoms with Crippen LogP contribution in [0.25, 0.3) is 0 Å². The van der Waals surface area contributed by atoms with Crippen molar-refractivity contribution < 1.29 is 9.59 Å². The summed E-state index contributed by atoms with van der Waals surface area (Å²) >= 11 is 1.22. The number of aromatic nitrogens is 3. The van der Waals surface area contributed by atoms with Crippen LogP contribution < -0.4 is 10.6 Å². The molecule has 0 saturated heterocycles. The van der Waals surface area contributed by atoms with Crippen LogP contribution in [-0.2, 0) is 17.9 Å². The molecule has 0 aliphatic carbocycles. The van der Waals surface area contributed by atoms with Gasteiger partial charge in [0.2, 0.25) is 10.9 Å². The Hall–Kier alpha value is -3.17. The molecule has 0 atom stereocenters. The number of amides is 2. The van der Waals surface area contributed by atoms with Crippen molar-refractivity contribution in [2.45, 2.75) is 26.9 Å². The van der Waals surface area contributed by atoms with Crippen molar-refractivity contribution in [2.75, 3.05) is 18.9 Å². The maximum atomic E-state index is 12.3. The molecule has 2 aromatic heterocycles. The molecule has 0 unspecified atom stereocenters. The average molecular weight is 425 g/mol. The van der Waals surface area contributed by atoms with E-state index in [9.17, 15) is 9.59 Å². The molecular weight excluding hydrogens is 400 g/mol. The Labute approximate surface area is 179 Å². The Morgan fingerprint density at radius 2 is 1.77 bits per heavy atom. The minimum Gasteiger partial charge on any atom is -0.346 e. The number of carbonyl (C=O) groups excluding carboxylic acids is 2. The fourth-order valence-electron chi connectivity index (χ4n) is 2.63. The summed E-state index contributed by atoms with van der Waals surface area (Å²) in [5.41, 5.74) is 3.22. The number of hydrogen-bond donors (Lipinski definition) is 2. The van der Waals surface area contributed by atoms with Crippen molar-refractivity contribution in [3.8, 4) is 0 Å². The van der Waals surface area contributed by atoms with Gasteiger partial charge in [0.15, 0.2) is 0 Å². The molecule has 156 valence electrons. The first-order valence-corrected chi connectivity index (χ1v) is 10.3.